The number of ether oxygens (including phenoxy) is 1. The van der Waals surface area contributed by atoms with Gasteiger partial charge in [-0.3, -0.25) is 14.4 Å². The number of rotatable bonds is 6. The monoisotopic (exact) mass is 392 g/mol. The van der Waals surface area contributed by atoms with E-state index in [1.54, 1.807) is 48.5 Å². The maximum Gasteiger partial charge on any atom is 0.308 e. The van der Waals surface area contributed by atoms with Crippen LogP contribution in [0.3, 0.4) is 0 Å². The number of esters is 1. The Morgan fingerprint density at radius 2 is 1.66 bits per heavy atom. The van der Waals surface area contributed by atoms with Crippen LogP contribution < -0.4 is 15.4 Å². The lowest BCUT2D eigenvalue weighted by atomic mass is 10.1. The van der Waals surface area contributed by atoms with Gasteiger partial charge in [-0.1, -0.05) is 37.1 Å². The van der Waals surface area contributed by atoms with Crippen molar-refractivity contribution in [2.45, 2.75) is 32.6 Å². The second kappa shape index (κ2) is 9.68. The van der Waals surface area contributed by atoms with Gasteiger partial charge in [0, 0.05) is 12.5 Å². The van der Waals surface area contributed by atoms with Crippen molar-refractivity contribution in [3.05, 3.63) is 66.2 Å². The molecule has 1 fully saturated rings. The van der Waals surface area contributed by atoms with Crippen molar-refractivity contribution in [3.63, 3.8) is 0 Å². The number of anilines is 2. The second-order valence-electron chi connectivity index (χ2n) is 7.01. The van der Waals surface area contributed by atoms with Gasteiger partial charge in [0.05, 0.1) is 11.4 Å². The predicted molar refractivity (Wildman–Crippen MR) is 112 cm³/mol. The molecule has 0 saturated heterocycles. The molecule has 6 heteroatoms. The molecule has 2 amide bonds. The quantitative estimate of drug-likeness (QED) is 0.429. The van der Waals surface area contributed by atoms with Crippen LogP contribution in [0.5, 0.6) is 5.75 Å². The molecule has 3 rings (SSSR count). The molecule has 0 bridgehead atoms. The standard InChI is InChI=1S/C23H24N2O4/c1-16(26)29-19-10-6-9-18(15-19)23(28)25-21-12-5-4-11-20(21)24-22(27)14-13-17-7-2-3-8-17/h4-6,9-15,17H,2-3,7-8H2,1H3,(H,24,27)(H,25,28)/b14-13+. The van der Waals surface area contributed by atoms with Gasteiger partial charge >= 0.3 is 5.97 Å². The molecule has 1 aliphatic carbocycles. The molecule has 150 valence electrons. The molecule has 1 saturated carbocycles. The Morgan fingerprint density at radius 1 is 0.966 bits per heavy atom. The fraction of sp³-hybridized carbons (Fsp3) is 0.261. The first-order valence-electron chi connectivity index (χ1n) is 9.69. The van der Waals surface area contributed by atoms with Gasteiger partial charge in [0.1, 0.15) is 5.75 Å². The highest BCUT2D eigenvalue weighted by Gasteiger charge is 2.13. The third-order valence-electron chi connectivity index (χ3n) is 4.71. The molecule has 29 heavy (non-hydrogen) atoms. The SMILES string of the molecule is CC(=O)Oc1cccc(C(=O)Nc2ccccc2NC(=O)/C=C/C2CCCC2)c1. The van der Waals surface area contributed by atoms with E-state index in [2.05, 4.69) is 10.6 Å². The smallest absolute Gasteiger partial charge is 0.308 e. The van der Waals surface area contributed by atoms with Crippen LogP contribution >= 0.6 is 0 Å². The average Bonchev–Trinajstić information content (AvgIpc) is 3.21. The van der Waals surface area contributed by atoms with Crippen LogP contribution in [0.4, 0.5) is 11.4 Å². The van der Waals surface area contributed by atoms with Gasteiger partial charge in [0.2, 0.25) is 5.91 Å². The average molecular weight is 392 g/mol. The molecule has 0 aromatic heterocycles. The van der Waals surface area contributed by atoms with Gasteiger partial charge < -0.3 is 15.4 Å². The summed E-state index contributed by atoms with van der Waals surface area (Å²) >= 11 is 0. The molecule has 1 aliphatic rings. The lowest BCUT2D eigenvalue weighted by Crippen LogP contribution is -2.16. The molecule has 0 atom stereocenters. The van der Waals surface area contributed by atoms with E-state index in [9.17, 15) is 14.4 Å². The molecule has 2 N–H and O–H groups in total. The second-order valence-corrected chi connectivity index (χ2v) is 7.01. The number of carbonyl (C=O) groups is 3. The summed E-state index contributed by atoms with van der Waals surface area (Å²) in [6.45, 7) is 1.30. The van der Waals surface area contributed by atoms with Gasteiger partial charge in [-0.15, -0.1) is 0 Å². The van der Waals surface area contributed by atoms with Crippen molar-refractivity contribution in [2.24, 2.45) is 5.92 Å². The van der Waals surface area contributed by atoms with E-state index >= 15 is 0 Å². The summed E-state index contributed by atoms with van der Waals surface area (Å²) in [6.07, 6.45) is 8.21. The van der Waals surface area contributed by atoms with E-state index < -0.39 is 5.97 Å². The minimum absolute atomic E-state index is 0.226. The zero-order valence-corrected chi connectivity index (χ0v) is 16.3. The highest BCUT2D eigenvalue weighted by Crippen LogP contribution is 2.26. The van der Waals surface area contributed by atoms with Gasteiger partial charge in [0.25, 0.3) is 5.91 Å². The number of amides is 2. The molecule has 0 spiro atoms. The fourth-order valence-corrected chi connectivity index (χ4v) is 3.31. The molecule has 2 aromatic rings. The van der Waals surface area contributed by atoms with Gasteiger partial charge in [-0.2, -0.15) is 0 Å². The van der Waals surface area contributed by atoms with Crippen LogP contribution in [0.2, 0.25) is 0 Å². The topological polar surface area (TPSA) is 84.5 Å². The van der Waals surface area contributed by atoms with E-state index in [0.717, 1.165) is 12.8 Å². The Bertz CT molecular complexity index is 930. The largest absolute Gasteiger partial charge is 0.427 e. The van der Waals surface area contributed by atoms with E-state index in [-0.39, 0.29) is 11.8 Å². The normalized spacial score (nSPS) is 14.0. The third-order valence-corrected chi connectivity index (χ3v) is 4.71. The molecule has 0 aliphatic heterocycles. The minimum Gasteiger partial charge on any atom is -0.427 e. The lowest BCUT2D eigenvalue weighted by molar-refractivity contribution is -0.131. The fourth-order valence-electron chi connectivity index (χ4n) is 3.31. The zero-order chi connectivity index (χ0) is 20.6. The zero-order valence-electron chi connectivity index (χ0n) is 16.3. The van der Waals surface area contributed by atoms with E-state index in [4.69, 9.17) is 4.74 Å². The van der Waals surface area contributed by atoms with E-state index in [1.165, 1.54) is 25.8 Å². The van der Waals surface area contributed by atoms with Crippen LogP contribution in [-0.2, 0) is 9.59 Å². The van der Waals surface area contributed by atoms with Crippen LogP contribution in [0, 0.1) is 5.92 Å². The highest BCUT2D eigenvalue weighted by atomic mass is 16.5. The first kappa shape index (κ1) is 20.3. The Hall–Kier alpha value is -3.41. The van der Waals surface area contributed by atoms with Crippen molar-refractivity contribution in [1.82, 2.24) is 0 Å². The van der Waals surface area contributed by atoms with Crippen molar-refractivity contribution in [3.8, 4) is 5.75 Å². The van der Waals surface area contributed by atoms with Gasteiger partial charge in [0.15, 0.2) is 0 Å². The Labute approximate surface area is 170 Å². The molecule has 0 unspecified atom stereocenters. The third kappa shape index (κ3) is 6.04. The summed E-state index contributed by atoms with van der Waals surface area (Å²) in [5.41, 5.74) is 1.34. The first-order valence-corrected chi connectivity index (χ1v) is 9.69. The Kier molecular flexibility index (Phi) is 6.79. The summed E-state index contributed by atoms with van der Waals surface area (Å²) in [4.78, 5) is 36.0. The molecular weight excluding hydrogens is 368 g/mol. The first-order chi connectivity index (χ1) is 14.0. The molecule has 2 aromatic carbocycles. The molecule has 0 heterocycles. The maximum atomic E-state index is 12.6. The van der Waals surface area contributed by atoms with E-state index in [1.807, 2.05) is 6.08 Å². The van der Waals surface area contributed by atoms with Crippen LogP contribution in [0.25, 0.3) is 0 Å². The van der Waals surface area contributed by atoms with Crippen molar-refractivity contribution in [1.29, 1.82) is 0 Å². The number of hydrogen-bond acceptors (Lipinski definition) is 4. The van der Waals surface area contributed by atoms with Crippen molar-refractivity contribution in [2.75, 3.05) is 10.6 Å². The molecule has 6 nitrogen and oxygen atoms in total. The summed E-state index contributed by atoms with van der Waals surface area (Å²) in [5.74, 6) is -0.289. The number of para-hydroxylation sites is 2. The highest BCUT2D eigenvalue weighted by molar-refractivity contribution is 6.08. The predicted octanol–water partition coefficient (Wildman–Crippen LogP) is 4.55. The summed E-state index contributed by atoms with van der Waals surface area (Å²) in [5, 5.41) is 5.61. The van der Waals surface area contributed by atoms with Gasteiger partial charge in [-0.05, 0) is 55.2 Å². The van der Waals surface area contributed by atoms with Crippen molar-refractivity contribution < 1.29 is 19.1 Å². The summed E-state index contributed by atoms with van der Waals surface area (Å²) in [7, 11) is 0. The van der Waals surface area contributed by atoms with Gasteiger partial charge in [-0.25, -0.2) is 0 Å². The number of benzene rings is 2. The summed E-state index contributed by atoms with van der Waals surface area (Å²) in [6, 6.07) is 13.3. The summed E-state index contributed by atoms with van der Waals surface area (Å²) < 4.78 is 5.02. The van der Waals surface area contributed by atoms with Crippen LogP contribution in [0.15, 0.2) is 60.7 Å². The van der Waals surface area contributed by atoms with Crippen LogP contribution in [-0.4, -0.2) is 17.8 Å². The van der Waals surface area contributed by atoms with E-state index in [0.29, 0.717) is 28.6 Å². The number of allylic oxidation sites excluding steroid dienone is 1. The maximum absolute atomic E-state index is 12.6. The number of hydrogen-bond donors (Lipinski definition) is 2. The molecular formula is C23H24N2O4. The molecule has 0 radical (unpaired) electrons. The van der Waals surface area contributed by atoms with Crippen LogP contribution in [0.1, 0.15) is 43.0 Å². The Balaban J connectivity index is 1.67. The minimum atomic E-state index is -0.457. The number of nitrogens with one attached hydrogen (secondary N) is 2. The number of carbonyl (C=O) groups excluding carboxylic acids is 3. The van der Waals surface area contributed by atoms with Crippen molar-refractivity contribution >= 4 is 29.2 Å². The lowest BCUT2D eigenvalue weighted by Gasteiger charge is -2.12. The Morgan fingerprint density at radius 3 is 2.34 bits per heavy atom.